The molecule has 3 N–H and O–H groups in total. The Bertz CT molecular complexity index is 2030. The van der Waals surface area contributed by atoms with E-state index in [4.69, 9.17) is 14.2 Å². The van der Waals surface area contributed by atoms with Crippen molar-refractivity contribution >= 4 is 44.6 Å². The van der Waals surface area contributed by atoms with Gasteiger partial charge in [0.05, 0.1) is 18.4 Å². The maximum Gasteiger partial charge on any atom is 0.408 e. The van der Waals surface area contributed by atoms with Crippen LogP contribution in [0.15, 0.2) is 36.4 Å². The summed E-state index contributed by atoms with van der Waals surface area (Å²) >= 11 is 0. The third kappa shape index (κ3) is 8.74. The maximum atomic E-state index is 14.9. The first-order valence-corrected chi connectivity index (χ1v) is 20.9. The maximum absolute atomic E-state index is 14.9. The number of alkyl carbamates (subject to hydrolysis) is 1. The number of carbonyl (C=O) groups excluding carboxylic acids is 4. The molecule has 2 saturated carbocycles. The lowest BCUT2D eigenvalue weighted by Gasteiger charge is -2.34. The molecular formula is C40H60FN5O9S. The zero-order chi connectivity index (χ0) is 40.8. The van der Waals surface area contributed by atoms with Crippen molar-refractivity contribution < 1.29 is 50.5 Å². The number of methoxy groups -OCH3 is 1. The number of nitrogens with zero attached hydrogens (tertiary/aromatic N) is 2. The van der Waals surface area contributed by atoms with E-state index in [9.17, 15) is 32.0 Å². The molecule has 2 aliphatic carbocycles. The number of allylic oxidation sites excluding steroid dienone is 1. The average molecular weight is 806 g/mol. The number of pyridine rings is 1. The molecule has 2 aromatic rings. The molecule has 3 fully saturated rings. The predicted molar refractivity (Wildman–Crippen MR) is 212 cm³/mol. The molecule has 1 aromatic heterocycles. The molecule has 1 saturated heterocycles. The summed E-state index contributed by atoms with van der Waals surface area (Å²) in [5, 5.41) is 6.65. The van der Waals surface area contributed by atoms with Gasteiger partial charge in [-0.2, -0.15) is 4.98 Å². The van der Waals surface area contributed by atoms with E-state index in [1.807, 2.05) is 19.1 Å². The summed E-state index contributed by atoms with van der Waals surface area (Å²) in [6.07, 6.45) is 5.69. The van der Waals surface area contributed by atoms with Gasteiger partial charge in [0.25, 0.3) is 5.91 Å². The number of amides is 4. The number of halogens is 1. The number of rotatable bonds is 8. The van der Waals surface area contributed by atoms with E-state index in [-0.39, 0.29) is 47.3 Å². The lowest BCUT2D eigenvalue weighted by molar-refractivity contribution is -0.142. The molecule has 2 aliphatic heterocycles. The Morgan fingerprint density at radius 3 is 2.55 bits per heavy atom. The monoisotopic (exact) mass is 805 g/mol. The van der Waals surface area contributed by atoms with Gasteiger partial charge < -0.3 is 29.7 Å². The van der Waals surface area contributed by atoms with Crippen LogP contribution in [0.3, 0.4) is 0 Å². The Labute approximate surface area is 332 Å². The number of carbonyl (C=O) groups is 4. The minimum absolute atomic E-state index is 0. The van der Waals surface area contributed by atoms with Gasteiger partial charge >= 0.3 is 6.09 Å². The standard InChI is InChI=1S/C40H54FN5O9S.3H2/c1-8-24-17-23(2)11-9-10-12-26-21-40(26,36(49)45-56(51,52)39(6)15-16-39)44-33(47)30-20-28(22-46(30)35(48)32(24)43-37(50)55-38(3,4)5)54-34-29-14-13-27(41)18-25(29)19-31(42-34)53-7;;;/h10,12-14,18-19,23-24,26,28,30,32H,8-9,11,15-17,20-22H2,1-7H3,(H,43,50)(H,44,47)(H,45,49);3*1H/b12-10-;;;/t23-,24-,26-,28-,30+,32+,40-;;;/m1.../s1. The van der Waals surface area contributed by atoms with Gasteiger partial charge in [-0.25, -0.2) is 17.6 Å². The van der Waals surface area contributed by atoms with E-state index in [2.05, 4.69) is 27.3 Å². The fourth-order valence-electron chi connectivity index (χ4n) is 7.78. The number of sulfonamides is 1. The molecule has 0 unspecified atom stereocenters. The normalized spacial score (nSPS) is 29.8. The molecule has 16 heteroatoms. The van der Waals surface area contributed by atoms with E-state index in [0.717, 1.165) is 6.42 Å². The van der Waals surface area contributed by atoms with Gasteiger partial charge in [0.1, 0.15) is 35.1 Å². The molecular weight excluding hydrogens is 746 g/mol. The predicted octanol–water partition coefficient (Wildman–Crippen LogP) is 5.64. The van der Waals surface area contributed by atoms with Gasteiger partial charge in [0, 0.05) is 28.1 Å². The van der Waals surface area contributed by atoms with Crippen LogP contribution in [-0.4, -0.2) is 89.8 Å². The molecule has 3 heterocycles. The third-order valence-electron chi connectivity index (χ3n) is 11.5. The molecule has 4 amide bonds. The van der Waals surface area contributed by atoms with E-state index >= 15 is 0 Å². The molecule has 312 valence electrons. The largest absolute Gasteiger partial charge is 0.481 e. The van der Waals surface area contributed by atoms with Crippen LogP contribution in [0.25, 0.3) is 10.8 Å². The zero-order valence-electron chi connectivity index (χ0n) is 33.1. The fraction of sp³-hybridized carbons (Fsp3) is 0.625. The highest BCUT2D eigenvalue weighted by Gasteiger charge is 2.63. The third-order valence-corrected chi connectivity index (χ3v) is 13.7. The van der Waals surface area contributed by atoms with E-state index in [1.165, 1.54) is 30.2 Å². The van der Waals surface area contributed by atoms with Crippen molar-refractivity contribution in [1.29, 1.82) is 0 Å². The first-order valence-electron chi connectivity index (χ1n) is 19.4. The van der Waals surface area contributed by atoms with Crippen molar-refractivity contribution in [1.82, 2.24) is 25.2 Å². The summed E-state index contributed by atoms with van der Waals surface area (Å²) < 4.78 is 59.2. The first-order chi connectivity index (χ1) is 26.3. The van der Waals surface area contributed by atoms with Gasteiger partial charge in [0.15, 0.2) is 0 Å². The van der Waals surface area contributed by atoms with Gasteiger partial charge in [-0.05, 0) is 102 Å². The lowest BCUT2D eigenvalue weighted by Crippen LogP contribution is -2.59. The Balaban J connectivity index is 0.00000310. The molecule has 0 bridgehead atoms. The SMILES string of the molecule is CC[C@@H]1C[C@H](C)CC/C=C\[C@@H]2C[C@@]2(C(=O)NS(=O)(=O)C2(C)CC2)NC(=O)[C@@H]2C[C@@H](Oc3nc(OC)cc4cc(F)ccc34)CN2C(=O)[C@H]1NC(=O)OC(C)(C)C.[HH].[HH].[HH]. The number of benzene rings is 1. The van der Waals surface area contributed by atoms with Crippen molar-refractivity contribution in [3.63, 3.8) is 0 Å². The quantitative estimate of drug-likeness (QED) is 0.283. The number of hydrogen-bond donors (Lipinski definition) is 3. The average Bonchev–Trinajstić information content (AvgIpc) is 4.00. The van der Waals surface area contributed by atoms with Crippen LogP contribution in [-0.2, 0) is 29.1 Å². The van der Waals surface area contributed by atoms with Crippen LogP contribution in [0.2, 0.25) is 0 Å². The van der Waals surface area contributed by atoms with Gasteiger partial charge in [-0.1, -0.05) is 32.4 Å². The summed E-state index contributed by atoms with van der Waals surface area (Å²) in [6, 6.07) is 3.39. The van der Waals surface area contributed by atoms with E-state index in [0.29, 0.717) is 42.9 Å². The van der Waals surface area contributed by atoms with Crippen LogP contribution in [0.1, 0.15) is 97.2 Å². The molecule has 6 rings (SSSR count). The zero-order valence-corrected chi connectivity index (χ0v) is 34.0. The number of ether oxygens (including phenoxy) is 3. The highest BCUT2D eigenvalue weighted by molar-refractivity contribution is 7.91. The number of aromatic nitrogens is 1. The van der Waals surface area contributed by atoms with Gasteiger partial charge in [-0.3, -0.25) is 19.1 Å². The van der Waals surface area contributed by atoms with Crippen molar-refractivity contribution in [2.75, 3.05) is 13.7 Å². The van der Waals surface area contributed by atoms with Crippen LogP contribution < -0.4 is 24.8 Å². The molecule has 7 atom stereocenters. The minimum Gasteiger partial charge on any atom is -0.481 e. The first kappa shape index (κ1) is 41.2. The minimum atomic E-state index is -4.03. The van der Waals surface area contributed by atoms with Crippen LogP contribution in [0.4, 0.5) is 9.18 Å². The summed E-state index contributed by atoms with van der Waals surface area (Å²) in [7, 11) is -2.61. The fourth-order valence-corrected chi connectivity index (χ4v) is 9.09. The molecule has 1 aromatic carbocycles. The summed E-state index contributed by atoms with van der Waals surface area (Å²) in [5.74, 6) is -2.93. The van der Waals surface area contributed by atoms with Gasteiger partial charge in [0.2, 0.25) is 33.6 Å². The van der Waals surface area contributed by atoms with Crippen molar-refractivity contribution in [2.45, 2.75) is 127 Å². The highest BCUT2D eigenvalue weighted by Crippen LogP contribution is 2.47. The molecule has 14 nitrogen and oxygen atoms in total. The number of nitrogens with one attached hydrogen (secondary N) is 3. The Morgan fingerprint density at radius 2 is 1.89 bits per heavy atom. The lowest BCUT2D eigenvalue weighted by atomic mass is 9.85. The van der Waals surface area contributed by atoms with Crippen LogP contribution in [0.5, 0.6) is 11.8 Å². The number of fused-ring (bicyclic) bond motifs is 3. The van der Waals surface area contributed by atoms with Crippen molar-refractivity contribution in [2.24, 2.45) is 17.8 Å². The van der Waals surface area contributed by atoms with E-state index in [1.54, 1.807) is 33.8 Å². The van der Waals surface area contributed by atoms with Crippen LogP contribution in [0, 0.1) is 23.6 Å². The molecule has 56 heavy (non-hydrogen) atoms. The van der Waals surface area contributed by atoms with Gasteiger partial charge in [-0.15, -0.1) is 0 Å². The number of hydrogen-bond acceptors (Lipinski definition) is 10. The second-order valence-corrected chi connectivity index (χ2v) is 19.3. The molecule has 4 aliphatic rings. The molecule has 0 spiro atoms. The Hall–Kier alpha value is -4.47. The van der Waals surface area contributed by atoms with Crippen molar-refractivity contribution in [3.05, 3.63) is 42.2 Å². The summed E-state index contributed by atoms with van der Waals surface area (Å²) in [5.41, 5.74) is -2.42. The molecule has 0 radical (unpaired) electrons. The second kappa shape index (κ2) is 15.5. The summed E-state index contributed by atoms with van der Waals surface area (Å²) in [4.78, 5) is 62.5. The highest BCUT2D eigenvalue weighted by atomic mass is 32.2. The second-order valence-electron chi connectivity index (χ2n) is 17.1. The Morgan fingerprint density at radius 1 is 1.16 bits per heavy atom. The smallest absolute Gasteiger partial charge is 0.408 e. The van der Waals surface area contributed by atoms with Crippen molar-refractivity contribution in [3.8, 4) is 11.8 Å². The van der Waals surface area contributed by atoms with E-state index < -0.39 is 79.6 Å². The topological polar surface area (TPSA) is 182 Å². The summed E-state index contributed by atoms with van der Waals surface area (Å²) in [6.45, 7) is 10.6. The Kier molecular flexibility index (Phi) is 11.4. The van der Waals surface area contributed by atoms with Crippen LogP contribution >= 0.6 is 0 Å².